The molecule has 1 heterocycles. The van der Waals surface area contributed by atoms with Gasteiger partial charge in [0.15, 0.2) is 0 Å². The van der Waals surface area contributed by atoms with E-state index in [4.69, 9.17) is 10.5 Å². The Morgan fingerprint density at radius 2 is 2.05 bits per heavy atom. The van der Waals surface area contributed by atoms with Crippen molar-refractivity contribution >= 4 is 0 Å². The molecule has 1 aromatic carbocycles. The quantitative estimate of drug-likeness (QED) is 0.826. The number of ether oxygens (including phenoxy) is 1. The van der Waals surface area contributed by atoms with Gasteiger partial charge in [0.2, 0.25) is 0 Å². The zero-order chi connectivity index (χ0) is 13.3. The van der Waals surface area contributed by atoms with Crippen molar-refractivity contribution in [2.24, 2.45) is 17.1 Å². The van der Waals surface area contributed by atoms with Crippen LogP contribution in [0.4, 0.5) is 0 Å². The van der Waals surface area contributed by atoms with Crippen LogP contribution in [0.2, 0.25) is 0 Å². The highest BCUT2D eigenvalue weighted by atomic mass is 16.5. The topological polar surface area (TPSA) is 55.5 Å². The molecule has 0 saturated heterocycles. The van der Waals surface area contributed by atoms with Crippen LogP contribution in [-0.2, 0) is 0 Å². The van der Waals surface area contributed by atoms with E-state index in [9.17, 15) is 5.11 Å². The second-order valence-electron chi connectivity index (χ2n) is 6.26. The Balaban J connectivity index is 1.75. The number of hydrogen-bond donors (Lipinski definition) is 2. The fourth-order valence-electron chi connectivity index (χ4n) is 3.30. The van der Waals surface area contributed by atoms with Gasteiger partial charge >= 0.3 is 0 Å². The van der Waals surface area contributed by atoms with Gasteiger partial charge in [0, 0.05) is 30.0 Å². The van der Waals surface area contributed by atoms with Gasteiger partial charge in [0.25, 0.3) is 0 Å². The number of nitrogens with two attached hydrogens (primary N) is 1. The first kappa shape index (κ1) is 12.9. The fraction of sp³-hybridized carbons (Fsp3) is 0.625. The van der Waals surface area contributed by atoms with Crippen molar-refractivity contribution in [2.45, 2.75) is 31.6 Å². The zero-order valence-corrected chi connectivity index (χ0v) is 11.3. The molecule has 2 atom stereocenters. The predicted octanol–water partition coefficient (Wildman–Crippen LogP) is 2.29. The third kappa shape index (κ3) is 2.63. The summed E-state index contributed by atoms with van der Waals surface area (Å²) in [4.78, 5) is 0. The molecule has 0 radical (unpaired) electrons. The Bertz CT molecular complexity index is 438. The predicted molar refractivity (Wildman–Crippen MR) is 75.2 cm³/mol. The number of aliphatic hydroxyl groups is 1. The minimum Gasteiger partial charge on any atom is -0.493 e. The molecule has 1 saturated carbocycles. The number of para-hydroxylation sites is 1. The van der Waals surface area contributed by atoms with Crippen LogP contribution < -0.4 is 10.5 Å². The second kappa shape index (κ2) is 5.14. The summed E-state index contributed by atoms with van der Waals surface area (Å²) in [5, 5.41) is 9.84. The van der Waals surface area contributed by atoms with Gasteiger partial charge in [-0.05, 0) is 24.8 Å². The van der Waals surface area contributed by atoms with Crippen LogP contribution in [-0.4, -0.2) is 24.9 Å². The number of rotatable bonds is 6. The average molecular weight is 261 g/mol. The van der Waals surface area contributed by atoms with Crippen molar-refractivity contribution in [3.05, 3.63) is 29.8 Å². The van der Waals surface area contributed by atoms with E-state index < -0.39 is 0 Å². The first-order valence-electron chi connectivity index (χ1n) is 7.29. The Kier molecular flexibility index (Phi) is 3.50. The first-order chi connectivity index (χ1) is 9.26. The van der Waals surface area contributed by atoms with E-state index in [1.54, 1.807) is 0 Å². The number of aliphatic hydroxyl groups excluding tert-OH is 1. The lowest BCUT2D eigenvalue weighted by Gasteiger charge is -2.33. The van der Waals surface area contributed by atoms with Gasteiger partial charge in [-0.15, -0.1) is 0 Å². The molecule has 0 amide bonds. The Morgan fingerprint density at radius 1 is 1.26 bits per heavy atom. The molecule has 3 heteroatoms. The maximum Gasteiger partial charge on any atom is 0.122 e. The van der Waals surface area contributed by atoms with E-state index in [0.717, 1.165) is 31.1 Å². The number of hydrogen-bond acceptors (Lipinski definition) is 3. The summed E-state index contributed by atoms with van der Waals surface area (Å²) < 4.78 is 5.74. The van der Waals surface area contributed by atoms with E-state index in [0.29, 0.717) is 12.5 Å². The second-order valence-corrected chi connectivity index (χ2v) is 6.26. The smallest absolute Gasteiger partial charge is 0.122 e. The lowest BCUT2D eigenvalue weighted by molar-refractivity contribution is 0.0947. The maximum absolute atomic E-state index is 9.84. The molecule has 2 unspecified atom stereocenters. The summed E-state index contributed by atoms with van der Waals surface area (Å²) in [6, 6.07) is 8.24. The van der Waals surface area contributed by atoms with Crippen LogP contribution in [0.5, 0.6) is 5.75 Å². The molecule has 3 nitrogen and oxygen atoms in total. The molecule has 0 spiro atoms. The summed E-state index contributed by atoms with van der Waals surface area (Å²) in [7, 11) is 0. The molecule has 1 aliphatic heterocycles. The molecule has 0 bridgehead atoms. The maximum atomic E-state index is 9.84. The monoisotopic (exact) mass is 261 g/mol. The lowest BCUT2D eigenvalue weighted by Crippen LogP contribution is -2.36. The number of benzene rings is 1. The van der Waals surface area contributed by atoms with E-state index in [1.807, 2.05) is 12.1 Å². The minimum absolute atomic E-state index is 0.118. The molecule has 1 aliphatic carbocycles. The summed E-state index contributed by atoms with van der Waals surface area (Å²) in [6.07, 6.45) is 4.62. The summed E-state index contributed by atoms with van der Waals surface area (Å²) in [5.74, 6) is 2.17. The normalized spacial score (nSPS) is 24.6. The molecule has 1 aromatic rings. The third-order valence-corrected chi connectivity index (χ3v) is 4.67. The standard InChI is InChI=1S/C16H23NO2/c17-10-16(11-18,7-12-5-6-12)8-13-9-19-15-4-2-1-3-14(13)15/h1-4,12-13,18H,5-11,17H2. The molecule has 0 aromatic heterocycles. The summed E-state index contributed by atoms with van der Waals surface area (Å²) in [5.41, 5.74) is 7.16. The van der Waals surface area contributed by atoms with Gasteiger partial charge in [-0.3, -0.25) is 0 Å². The molecule has 2 aliphatic rings. The first-order valence-corrected chi connectivity index (χ1v) is 7.29. The Hall–Kier alpha value is -1.06. The van der Waals surface area contributed by atoms with Crippen LogP contribution in [0.3, 0.4) is 0 Å². The highest BCUT2D eigenvalue weighted by Crippen LogP contribution is 2.46. The van der Waals surface area contributed by atoms with Crippen molar-refractivity contribution < 1.29 is 9.84 Å². The Morgan fingerprint density at radius 3 is 2.74 bits per heavy atom. The largest absolute Gasteiger partial charge is 0.493 e. The molecule has 3 rings (SSSR count). The van der Waals surface area contributed by atoms with Crippen LogP contribution >= 0.6 is 0 Å². The van der Waals surface area contributed by atoms with Gasteiger partial charge in [-0.2, -0.15) is 0 Å². The molecular formula is C16H23NO2. The molecule has 3 N–H and O–H groups in total. The highest BCUT2D eigenvalue weighted by Gasteiger charge is 2.39. The SMILES string of the molecule is NCC(CO)(CC1CC1)CC1COc2ccccc21. The van der Waals surface area contributed by atoms with Crippen LogP contribution in [0.25, 0.3) is 0 Å². The highest BCUT2D eigenvalue weighted by molar-refractivity contribution is 5.39. The summed E-state index contributed by atoms with van der Waals surface area (Å²) >= 11 is 0. The van der Waals surface area contributed by atoms with E-state index >= 15 is 0 Å². The van der Waals surface area contributed by atoms with Crippen LogP contribution in [0.1, 0.15) is 37.2 Å². The minimum atomic E-state index is -0.118. The van der Waals surface area contributed by atoms with E-state index in [1.165, 1.54) is 18.4 Å². The van der Waals surface area contributed by atoms with Crippen molar-refractivity contribution in [1.29, 1.82) is 0 Å². The average Bonchev–Trinajstić information content (AvgIpc) is 3.18. The van der Waals surface area contributed by atoms with Crippen molar-refractivity contribution in [1.82, 2.24) is 0 Å². The fourth-order valence-corrected chi connectivity index (χ4v) is 3.30. The van der Waals surface area contributed by atoms with Crippen LogP contribution in [0.15, 0.2) is 24.3 Å². The van der Waals surface area contributed by atoms with E-state index in [-0.39, 0.29) is 12.0 Å². The Labute approximate surface area is 114 Å². The van der Waals surface area contributed by atoms with Gasteiger partial charge in [-0.25, -0.2) is 0 Å². The van der Waals surface area contributed by atoms with Crippen molar-refractivity contribution in [3.63, 3.8) is 0 Å². The van der Waals surface area contributed by atoms with Gasteiger partial charge in [-0.1, -0.05) is 31.0 Å². The third-order valence-electron chi connectivity index (χ3n) is 4.67. The lowest BCUT2D eigenvalue weighted by atomic mass is 9.74. The van der Waals surface area contributed by atoms with Crippen molar-refractivity contribution in [3.8, 4) is 5.75 Å². The zero-order valence-electron chi connectivity index (χ0n) is 11.3. The molecular weight excluding hydrogens is 238 g/mol. The van der Waals surface area contributed by atoms with Gasteiger partial charge in [0.1, 0.15) is 5.75 Å². The summed E-state index contributed by atoms with van der Waals surface area (Å²) in [6.45, 7) is 1.49. The molecule has 104 valence electrons. The van der Waals surface area contributed by atoms with E-state index in [2.05, 4.69) is 12.1 Å². The number of fused-ring (bicyclic) bond motifs is 1. The molecule has 1 fully saturated rings. The van der Waals surface area contributed by atoms with Crippen molar-refractivity contribution in [2.75, 3.05) is 19.8 Å². The van der Waals surface area contributed by atoms with Gasteiger partial charge < -0.3 is 15.6 Å². The van der Waals surface area contributed by atoms with Crippen LogP contribution in [0, 0.1) is 11.3 Å². The van der Waals surface area contributed by atoms with Gasteiger partial charge in [0.05, 0.1) is 6.61 Å². The molecule has 19 heavy (non-hydrogen) atoms.